The molecule has 1 amide bonds. The summed E-state index contributed by atoms with van der Waals surface area (Å²) in [4.78, 5) is 19.5. The van der Waals surface area contributed by atoms with E-state index in [-0.39, 0.29) is 0 Å². The molecule has 1 aliphatic carbocycles. The van der Waals surface area contributed by atoms with Gasteiger partial charge in [-0.15, -0.1) is 0 Å². The highest BCUT2D eigenvalue weighted by atomic mass is 16.5. The zero-order valence-electron chi connectivity index (χ0n) is 9.93. The first-order valence-electron chi connectivity index (χ1n) is 5.86. The van der Waals surface area contributed by atoms with Crippen LogP contribution in [0.4, 0.5) is 0 Å². The maximum absolute atomic E-state index is 11.0. The smallest absolute Gasteiger partial charge is 0.267 e. The number of carbonyl (C=O) groups is 1. The fraction of sp³-hybridized carbons (Fsp3) is 0.583. The van der Waals surface area contributed by atoms with Gasteiger partial charge in [0.05, 0.1) is 6.10 Å². The number of aromatic nitrogens is 2. The number of nitrogens with two attached hydrogens (primary N) is 1. The van der Waals surface area contributed by atoms with E-state index in [9.17, 15) is 4.79 Å². The van der Waals surface area contributed by atoms with Crippen LogP contribution in [0.15, 0.2) is 12.3 Å². The highest BCUT2D eigenvalue weighted by Crippen LogP contribution is 2.31. The molecule has 0 unspecified atom stereocenters. The molecule has 92 valence electrons. The third-order valence-corrected chi connectivity index (χ3v) is 3.30. The molecule has 0 aliphatic heterocycles. The van der Waals surface area contributed by atoms with E-state index in [1.54, 1.807) is 19.4 Å². The van der Waals surface area contributed by atoms with Gasteiger partial charge in [-0.2, -0.15) is 0 Å². The van der Waals surface area contributed by atoms with Crippen LogP contribution < -0.4 is 5.73 Å². The van der Waals surface area contributed by atoms with Gasteiger partial charge < -0.3 is 10.5 Å². The second-order valence-electron chi connectivity index (χ2n) is 4.37. The summed E-state index contributed by atoms with van der Waals surface area (Å²) >= 11 is 0. The van der Waals surface area contributed by atoms with Crippen molar-refractivity contribution in [2.45, 2.75) is 37.7 Å². The summed E-state index contributed by atoms with van der Waals surface area (Å²) in [5, 5.41) is 0. The van der Waals surface area contributed by atoms with Crippen LogP contribution in [-0.4, -0.2) is 29.1 Å². The van der Waals surface area contributed by atoms with Gasteiger partial charge in [-0.3, -0.25) is 4.79 Å². The summed E-state index contributed by atoms with van der Waals surface area (Å²) in [5.74, 6) is 0.552. The van der Waals surface area contributed by atoms with Gasteiger partial charge in [0.1, 0.15) is 11.5 Å². The molecule has 1 aromatic heterocycles. The van der Waals surface area contributed by atoms with Crippen LogP contribution in [-0.2, 0) is 4.74 Å². The van der Waals surface area contributed by atoms with E-state index < -0.39 is 5.91 Å². The Morgan fingerprint density at radius 1 is 1.41 bits per heavy atom. The van der Waals surface area contributed by atoms with Crippen molar-refractivity contribution in [1.29, 1.82) is 0 Å². The third-order valence-electron chi connectivity index (χ3n) is 3.30. The molecule has 0 spiro atoms. The summed E-state index contributed by atoms with van der Waals surface area (Å²) in [6.07, 6.45) is 5.99. The Balaban J connectivity index is 2.08. The van der Waals surface area contributed by atoms with E-state index in [1.165, 1.54) is 0 Å². The first-order valence-corrected chi connectivity index (χ1v) is 5.86. The van der Waals surface area contributed by atoms with Crippen molar-refractivity contribution < 1.29 is 9.53 Å². The van der Waals surface area contributed by atoms with Crippen molar-refractivity contribution in [2.75, 3.05) is 7.11 Å². The number of amides is 1. The average molecular weight is 235 g/mol. The molecule has 2 rings (SSSR count). The maximum atomic E-state index is 11.0. The van der Waals surface area contributed by atoms with E-state index in [0.717, 1.165) is 31.5 Å². The second kappa shape index (κ2) is 5.23. The van der Waals surface area contributed by atoms with Crippen molar-refractivity contribution in [3.63, 3.8) is 0 Å². The first kappa shape index (κ1) is 12.0. The molecule has 0 saturated heterocycles. The summed E-state index contributed by atoms with van der Waals surface area (Å²) in [7, 11) is 1.75. The van der Waals surface area contributed by atoms with Gasteiger partial charge in [0, 0.05) is 19.2 Å². The predicted octanol–water partition coefficient (Wildman–Crippen LogP) is 1.25. The van der Waals surface area contributed by atoms with Gasteiger partial charge in [-0.05, 0) is 31.7 Å². The number of hydrogen-bond donors (Lipinski definition) is 1. The van der Waals surface area contributed by atoms with Crippen LogP contribution in [0, 0.1) is 0 Å². The van der Waals surface area contributed by atoms with E-state index in [1.807, 2.05) is 0 Å². The van der Waals surface area contributed by atoms with Crippen molar-refractivity contribution in [3.05, 3.63) is 23.8 Å². The lowest BCUT2D eigenvalue weighted by Gasteiger charge is -2.26. The zero-order chi connectivity index (χ0) is 12.3. The minimum atomic E-state index is -0.501. The lowest BCUT2D eigenvalue weighted by atomic mass is 9.87. The lowest BCUT2D eigenvalue weighted by Crippen LogP contribution is -2.21. The van der Waals surface area contributed by atoms with Crippen LogP contribution >= 0.6 is 0 Å². The van der Waals surface area contributed by atoms with Crippen LogP contribution in [0.1, 0.15) is 47.9 Å². The fourth-order valence-electron chi connectivity index (χ4n) is 2.26. The van der Waals surface area contributed by atoms with E-state index >= 15 is 0 Å². The Labute approximate surface area is 100 Å². The fourth-order valence-corrected chi connectivity index (χ4v) is 2.26. The van der Waals surface area contributed by atoms with Crippen molar-refractivity contribution in [2.24, 2.45) is 5.73 Å². The van der Waals surface area contributed by atoms with Gasteiger partial charge in [0.25, 0.3) is 5.91 Å². The van der Waals surface area contributed by atoms with E-state index in [2.05, 4.69) is 9.97 Å². The molecule has 2 N–H and O–H groups in total. The molecule has 1 fully saturated rings. The van der Waals surface area contributed by atoms with Crippen molar-refractivity contribution >= 4 is 5.91 Å². The summed E-state index contributed by atoms with van der Waals surface area (Å²) < 4.78 is 5.32. The molecule has 0 aromatic carbocycles. The molecular formula is C12H17N3O2. The molecule has 1 aliphatic rings. The first-order chi connectivity index (χ1) is 8.20. The normalized spacial score (nSPS) is 24.5. The Kier molecular flexibility index (Phi) is 3.68. The Morgan fingerprint density at radius 2 is 2.12 bits per heavy atom. The molecule has 0 atom stereocenters. The van der Waals surface area contributed by atoms with Gasteiger partial charge in [-0.25, -0.2) is 9.97 Å². The molecular weight excluding hydrogens is 218 g/mol. The number of methoxy groups -OCH3 is 1. The molecule has 1 aromatic rings. The zero-order valence-corrected chi connectivity index (χ0v) is 9.93. The largest absolute Gasteiger partial charge is 0.381 e. The Morgan fingerprint density at radius 3 is 2.71 bits per heavy atom. The standard InChI is InChI=1S/C12H17N3O2/c1-17-9-4-2-8(3-5-9)12-14-7-6-10(15-12)11(13)16/h6-9H,2-5H2,1H3,(H2,13,16). The molecule has 5 heteroatoms. The minimum Gasteiger partial charge on any atom is -0.381 e. The topological polar surface area (TPSA) is 78.1 Å². The van der Waals surface area contributed by atoms with Crippen LogP contribution in [0.5, 0.6) is 0 Å². The predicted molar refractivity (Wildman–Crippen MR) is 62.6 cm³/mol. The SMILES string of the molecule is COC1CCC(c2nccc(C(N)=O)n2)CC1. The summed E-state index contributed by atoms with van der Waals surface area (Å²) in [5.41, 5.74) is 5.50. The van der Waals surface area contributed by atoms with Gasteiger partial charge in [-0.1, -0.05) is 0 Å². The van der Waals surface area contributed by atoms with Gasteiger partial charge in [0.15, 0.2) is 0 Å². The molecule has 5 nitrogen and oxygen atoms in total. The lowest BCUT2D eigenvalue weighted by molar-refractivity contribution is 0.0650. The number of carbonyl (C=O) groups excluding carboxylic acids is 1. The molecule has 17 heavy (non-hydrogen) atoms. The molecule has 1 heterocycles. The number of nitrogens with zero attached hydrogens (tertiary/aromatic N) is 2. The molecule has 0 radical (unpaired) electrons. The van der Waals surface area contributed by atoms with Crippen LogP contribution in [0.3, 0.4) is 0 Å². The van der Waals surface area contributed by atoms with Crippen molar-refractivity contribution in [1.82, 2.24) is 9.97 Å². The number of rotatable bonds is 3. The van der Waals surface area contributed by atoms with E-state index in [4.69, 9.17) is 10.5 Å². The van der Waals surface area contributed by atoms with Crippen LogP contribution in [0.25, 0.3) is 0 Å². The monoisotopic (exact) mass is 235 g/mol. The number of ether oxygens (including phenoxy) is 1. The van der Waals surface area contributed by atoms with Gasteiger partial charge >= 0.3 is 0 Å². The van der Waals surface area contributed by atoms with Crippen molar-refractivity contribution in [3.8, 4) is 0 Å². The highest BCUT2D eigenvalue weighted by Gasteiger charge is 2.24. The van der Waals surface area contributed by atoms with Gasteiger partial charge in [0.2, 0.25) is 0 Å². The van der Waals surface area contributed by atoms with Crippen LogP contribution in [0.2, 0.25) is 0 Å². The second-order valence-corrected chi connectivity index (χ2v) is 4.37. The molecule has 1 saturated carbocycles. The average Bonchev–Trinajstić information content (AvgIpc) is 2.39. The quantitative estimate of drug-likeness (QED) is 0.855. The number of hydrogen-bond acceptors (Lipinski definition) is 4. The Hall–Kier alpha value is -1.49. The summed E-state index contributed by atoms with van der Waals surface area (Å²) in [6, 6.07) is 1.55. The number of primary amides is 1. The third kappa shape index (κ3) is 2.79. The minimum absolute atomic E-state index is 0.295. The maximum Gasteiger partial charge on any atom is 0.267 e. The molecule has 0 bridgehead atoms. The summed E-state index contributed by atoms with van der Waals surface area (Å²) in [6.45, 7) is 0. The highest BCUT2D eigenvalue weighted by molar-refractivity contribution is 5.90. The Bertz CT molecular complexity index is 400. The van der Waals surface area contributed by atoms with E-state index in [0.29, 0.717) is 17.7 Å².